The molecule has 0 bridgehead atoms. The lowest BCUT2D eigenvalue weighted by Crippen LogP contribution is -2.25. The van der Waals surface area contributed by atoms with Crippen LogP contribution >= 0.6 is 0 Å². The maximum atomic E-state index is 11.7. The zero-order valence-electron chi connectivity index (χ0n) is 9.15. The van der Waals surface area contributed by atoms with E-state index < -0.39 is 0 Å². The molecule has 2 nitrogen and oxygen atoms in total. The molecule has 0 saturated heterocycles. The Bertz CT molecular complexity index is 334. The molecule has 0 radical (unpaired) electrons. The van der Waals surface area contributed by atoms with Crippen LogP contribution in [0.1, 0.15) is 31.7 Å². The fraction of sp³-hybridized carbons (Fsp3) is 0.538. The summed E-state index contributed by atoms with van der Waals surface area (Å²) in [7, 11) is 0. The largest absolute Gasteiger partial charge is 0.299 e. The van der Waals surface area contributed by atoms with E-state index in [0.29, 0.717) is 11.7 Å². The third-order valence-electron chi connectivity index (χ3n) is 3.23. The summed E-state index contributed by atoms with van der Waals surface area (Å²) in [4.78, 5) is 15.8. The van der Waals surface area contributed by atoms with Crippen LogP contribution < -0.4 is 0 Å². The molecule has 1 aromatic heterocycles. The molecule has 0 unspecified atom stereocenters. The highest BCUT2D eigenvalue weighted by Crippen LogP contribution is 2.28. The zero-order valence-corrected chi connectivity index (χ0v) is 9.15. The number of carbonyl (C=O) groups excluding carboxylic acids is 1. The number of pyridine rings is 1. The van der Waals surface area contributed by atoms with Crippen molar-refractivity contribution in [2.45, 2.75) is 32.6 Å². The van der Waals surface area contributed by atoms with Gasteiger partial charge in [-0.05, 0) is 36.8 Å². The van der Waals surface area contributed by atoms with Gasteiger partial charge in [0.15, 0.2) is 0 Å². The molecule has 1 saturated carbocycles. The smallest absolute Gasteiger partial charge is 0.136 e. The van der Waals surface area contributed by atoms with Crippen molar-refractivity contribution >= 4 is 5.78 Å². The van der Waals surface area contributed by atoms with Crippen molar-refractivity contribution in [3.05, 3.63) is 30.1 Å². The average Bonchev–Trinajstić information content (AvgIpc) is 2.25. The van der Waals surface area contributed by atoms with Gasteiger partial charge < -0.3 is 0 Å². The van der Waals surface area contributed by atoms with E-state index in [9.17, 15) is 4.79 Å². The van der Waals surface area contributed by atoms with Crippen molar-refractivity contribution in [2.24, 2.45) is 11.8 Å². The van der Waals surface area contributed by atoms with E-state index in [1.54, 1.807) is 6.20 Å². The molecule has 0 spiro atoms. The quantitative estimate of drug-likeness (QED) is 0.739. The minimum Gasteiger partial charge on any atom is -0.299 e. The summed E-state index contributed by atoms with van der Waals surface area (Å²) < 4.78 is 0. The molecule has 0 amide bonds. The molecule has 2 rings (SSSR count). The first kappa shape index (κ1) is 10.3. The maximum Gasteiger partial charge on any atom is 0.136 e. The maximum absolute atomic E-state index is 11.7. The zero-order chi connectivity index (χ0) is 10.7. The monoisotopic (exact) mass is 203 g/mol. The second-order valence-corrected chi connectivity index (χ2v) is 4.61. The van der Waals surface area contributed by atoms with Gasteiger partial charge in [0.25, 0.3) is 0 Å². The van der Waals surface area contributed by atoms with Crippen LogP contribution in [0, 0.1) is 11.8 Å². The van der Waals surface area contributed by atoms with Gasteiger partial charge in [-0.2, -0.15) is 0 Å². The van der Waals surface area contributed by atoms with Crippen LogP contribution in [0.5, 0.6) is 0 Å². The van der Waals surface area contributed by atoms with E-state index in [1.165, 1.54) is 5.56 Å². The van der Waals surface area contributed by atoms with Crippen molar-refractivity contribution in [3.63, 3.8) is 0 Å². The van der Waals surface area contributed by atoms with Crippen LogP contribution in [0.15, 0.2) is 24.5 Å². The Morgan fingerprint density at radius 2 is 2.40 bits per heavy atom. The lowest BCUT2D eigenvalue weighted by molar-refractivity contribution is -0.125. The summed E-state index contributed by atoms with van der Waals surface area (Å²) in [5, 5.41) is 0. The molecule has 0 aromatic carbocycles. The molecule has 1 aromatic rings. The molecular weight excluding hydrogens is 186 g/mol. The second-order valence-electron chi connectivity index (χ2n) is 4.61. The molecule has 0 aliphatic heterocycles. The van der Waals surface area contributed by atoms with Gasteiger partial charge >= 0.3 is 0 Å². The Balaban J connectivity index is 2.01. The summed E-state index contributed by atoms with van der Waals surface area (Å²) in [6, 6.07) is 3.99. The highest BCUT2D eigenvalue weighted by Gasteiger charge is 2.26. The van der Waals surface area contributed by atoms with Gasteiger partial charge in [-0.1, -0.05) is 13.0 Å². The normalized spacial score (nSPS) is 26.6. The predicted molar refractivity (Wildman–Crippen MR) is 59.5 cm³/mol. The van der Waals surface area contributed by atoms with Gasteiger partial charge in [0.05, 0.1) is 0 Å². The number of Topliss-reactive ketones (excluding diaryl/α,β-unsaturated/α-hetero) is 1. The molecule has 15 heavy (non-hydrogen) atoms. The minimum absolute atomic E-state index is 0.234. The van der Waals surface area contributed by atoms with E-state index in [1.807, 2.05) is 12.3 Å². The molecular formula is C13H17NO. The Kier molecular flexibility index (Phi) is 3.14. The Hall–Kier alpha value is -1.18. The van der Waals surface area contributed by atoms with E-state index >= 15 is 0 Å². The minimum atomic E-state index is 0.234. The van der Waals surface area contributed by atoms with Gasteiger partial charge in [0.1, 0.15) is 5.78 Å². The fourth-order valence-corrected chi connectivity index (χ4v) is 2.33. The van der Waals surface area contributed by atoms with E-state index in [-0.39, 0.29) is 5.92 Å². The van der Waals surface area contributed by atoms with E-state index in [2.05, 4.69) is 18.0 Å². The Morgan fingerprint density at radius 3 is 3.13 bits per heavy atom. The van der Waals surface area contributed by atoms with Crippen LogP contribution in [-0.4, -0.2) is 10.8 Å². The third kappa shape index (κ3) is 2.65. The summed E-state index contributed by atoms with van der Waals surface area (Å²) in [6.07, 6.45) is 7.40. The highest BCUT2D eigenvalue weighted by atomic mass is 16.1. The van der Waals surface area contributed by atoms with Crippen molar-refractivity contribution in [2.75, 3.05) is 0 Å². The number of ketones is 1. The Morgan fingerprint density at radius 1 is 1.53 bits per heavy atom. The topological polar surface area (TPSA) is 30.0 Å². The summed E-state index contributed by atoms with van der Waals surface area (Å²) >= 11 is 0. The number of hydrogen-bond donors (Lipinski definition) is 0. The van der Waals surface area contributed by atoms with Crippen LogP contribution in [-0.2, 0) is 11.2 Å². The molecule has 1 aliphatic carbocycles. The summed E-state index contributed by atoms with van der Waals surface area (Å²) in [5.74, 6) is 1.37. The molecule has 2 atom stereocenters. The number of nitrogens with zero attached hydrogens (tertiary/aromatic N) is 1. The first-order valence-corrected chi connectivity index (χ1v) is 5.67. The predicted octanol–water partition coefficient (Wildman–Crippen LogP) is 2.63. The van der Waals surface area contributed by atoms with Crippen molar-refractivity contribution in [3.8, 4) is 0 Å². The summed E-state index contributed by atoms with van der Waals surface area (Å²) in [6.45, 7) is 2.24. The summed E-state index contributed by atoms with van der Waals surface area (Å²) in [5.41, 5.74) is 1.19. The molecule has 1 heterocycles. The van der Waals surface area contributed by atoms with Gasteiger partial charge in [-0.15, -0.1) is 0 Å². The fourth-order valence-electron chi connectivity index (χ4n) is 2.33. The van der Waals surface area contributed by atoms with Gasteiger partial charge in [-0.25, -0.2) is 0 Å². The van der Waals surface area contributed by atoms with Crippen molar-refractivity contribution in [1.82, 2.24) is 4.98 Å². The third-order valence-corrected chi connectivity index (χ3v) is 3.23. The van der Waals surface area contributed by atoms with E-state index in [0.717, 1.165) is 25.7 Å². The standard InChI is InChI=1S/C13H17NO/c1-10-4-5-13(15)12(7-10)8-11-3-2-6-14-9-11/h2-3,6,9-10,12H,4-5,7-8H2,1H3/t10-,12-/m0/s1. The molecule has 80 valence electrons. The van der Waals surface area contributed by atoms with Crippen molar-refractivity contribution < 1.29 is 4.79 Å². The first-order chi connectivity index (χ1) is 7.25. The molecule has 2 heteroatoms. The lowest BCUT2D eigenvalue weighted by Gasteiger charge is -2.25. The molecule has 1 fully saturated rings. The number of carbonyl (C=O) groups is 1. The van der Waals surface area contributed by atoms with Gasteiger partial charge in [0, 0.05) is 24.7 Å². The first-order valence-electron chi connectivity index (χ1n) is 5.67. The Labute approximate surface area is 90.7 Å². The second kappa shape index (κ2) is 4.56. The van der Waals surface area contributed by atoms with Crippen LogP contribution in [0.3, 0.4) is 0 Å². The van der Waals surface area contributed by atoms with Gasteiger partial charge in [0.2, 0.25) is 0 Å². The van der Waals surface area contributed by atoms with Crippen LogP contribution in [0.25, 0.3) is 0 Å². The number of aromatic nitrogens is 1. The van der Waals surface area contributed by atoms with Crippen LogP contribution in [0.2, 0.25) is 0 Å². The molecule has 1 aliphatic rings. The number of hydrogen-bond acceptors (Lipinski definition) is 2. The van der Waals surface area contributed by atoms with E-state index in [4.69, 9.17) is 0 Å². The van der Waals surface area contributed by atoms with Crippen molar-refractivity contribution in [1.29, 1.82) is 0 Å². The highest BCUT2D eigenvalue weighted by molar-refractivity contribution is 5.82. The lowest BCUT2D eigenvalue weighted by atomic mass is 9.79. The van der Waals surface area contributed by atoms with Gasteiger partial charge in [-0.3, -0.25) is 9.78 Å². The van der Waals surface area contributed by atoms with Crippen LogP contribution in [0.4, 0.5) is 0 Å². The number of rotatable bonds is 2. The molecule has 0 N–H and O–H groups in total. The SMILES string of the molecule is C[C@H]1CCC(=O)[C@H](Cc2cccnc2)C1. The average molecular weight is 203 g/mol.